The zero-order chi connectivity index (χ0) is 21.6. The normalized spacial score (nSPS) is 14.8. The summed E-state index contributed by atoms with van der Waals surface area (Å²) in [4.78, 5) is 12.3. The molecule has 1 aliphatic rings. The van der Waals surface area contributed by atoms with Gasteiger partial charge in [-0.1, -0.05) is 44.2 Å². The van der Waals surface area contributed by atoms with Crippen LogP contribution in [0.2, 0.25) is 0 Å². The fraction of sp³-hybridized carbons (Fsp3) is 0.435. The number of amides is 1. The van der Waals surface area contributed by atoms with E-state index in [1.54, 1.807) is 28.6 Å². The molecular weight excluding hydrogens is 400 g/mol. The molecule has 0 aromatic heterocycles. The summed E-state index contributed by atoms with van der Waals surface area (Å²) in [6.45, 7) is 6.20. The summed E-state index contributed by atoms with van der Waals surface area (Å²) in [5, 5.41) is 2.84. The van der Waals surface area contributed by atoms with Gasteiger partial charge in [0, 0.05) is 18.7 Å². The molecule has 162 valence electrons. The fourth-order valence-corrected chi connectivity index (χ4v) is 5.15. The second kappa shape index (κ2) is 10.1. The predicted molar refractivity (Wildman–Crippen MR) is 118 cm³/mol. The number of carbonyl (C=O) groups excluding carboxylic acids is 1. The van der Waals surface area contributed by atoms with Gasteiger partial charge in [-0.2, -0.15) is 0 Å². The number of para-hydroxylation sites is 1. The molecule has 0 aliphatic carbocycles. The number of sulfonamides is 1. The van der Waals surface area contributed by atoms with Crippen LogP contribution in [0.3, 0.4) is 0 Å². The topological polar surface area (TPSA) is 75.7 Å². The molecule has 0 unspecified atom stereocenters. The standard InChI is InChI=1S/C23H30N2O4S/c1-18(2)21-7-3-4-8-22(21)29-16-13-24-23(26)20-11-9-19(10-12-20)17-30(27,28)25-14-5-6-15-25/h3-4,7-12,18H,5-6,13-17H2,1-2H3,(H,24,26). The average molecular weight is 431 g/mol. The number of nitrogens with zero attached hydrogens (tertiary/aromatic N) is 1. The quantitative estimate of drug-likeness (QED) is 0.618. The summed E-state index contributed by atoms with van der Waals surface area (Å²) in [6, 6.07) is 14.7. The van der Waals surface area contributed by atoms with Crippen molar-refractivity contribution in [2.24, 2.45) is 0 Å². The lowest BCUT2D eigenvalue weighted by molar-refractivity contribution is 0.0947. The molecule has 0 atom stereocenters. The van der Waals surface area contributed by atoms with Gasteiger partial charge in [-0.05, 0) is 48.1 Å². The highest BCUT2D eigenvalue weighted by atomic mass is 32.2. The molecule has 0 radical (unpaired) electrons. The molecular formula is C23H30N2O4S. The van der Waals surface area contributed by atoms with Gasteiger partial charge in [0.25, 0.3) is 5.91 Å². The molecule has 6 nitrogen and oxygen atoms in total. The minimum absolute atomic E-state index is 0.0298. The van der Waals surface area contributed by atoms with Crippen LogP contribution in [0.15, 0.2) is 48.5 Å². The Morgan fingerprint density at radius 2 is 1.73 bits per heavy atom. The van der Waals surface area contributed by atoms with Crippen LogP contribution in [0.5, 0.6) is 5.75 Å². The maximum absolute atomic E-state index is 12.4. The van der Waals surface area contributed by atoms with E-state index in [9.17, 15) is 13.2 Å². The third kappa shape index (κ3) is 5.83. The van der Waals surface area contributed by atoms with E-state index < -0.39 is 10.0 Å². The van der Waals surface area contributed by atoms with Crippen LogP contribution < -0.4 is 10.1 Å². The van der Waals surface area contributed by atoms with Crippen molar-refractivity contribution < 1.29 is 17.9 Å². The Labute approximate surface area is 179 Å². The van der Waals surface area contributed by atoms with Crippen molar-refractivity contribution in [2.45, 2.75) is 38.4 Å². The van der Waals surface area contributed by atoms with E-state index in [0.717, 1.165) is 24.2 Å². The summed E-state index contributed by atoms with van der Waals surface area (Å²) in [6.07, 6.45) is 1.84. The largest absolute Gasteiger partial charge is 0.491 e. The molecule has 30 heavy (non-hydrogen) atoms. The SMILES string of the molecule is CC(C)c1ccccc1OCCNC(=O)c1ccc(CS(=O)(=O)N2CCCC2)cc1. The van der Waals surface area contributed by atoms with Crippen molar-refractivity contribution in [3.05, 3.63) is 65.2 Å². The van der Waals surface area contributed by atoms with Crippen molar-refractivity contribution in [2.75, 3.05) is 26.2 Å². The minimum atomic E-state index is -3.28. The van der Waals surface area contributed by atoms with Crippen LogP contribution in [0, 0.1) is 0 Å². The molecule has 3 rings (SSSR count). The van der Waals surface area contributed by atoms with Crippen molar-refractivity contribution in [1.82, 2.24) is 9.62 Å². The first-order valence-electron chi connectivity index (χ1n) is 10.4. The third-order valence-electron chi connectivity index (χ3n) is 5.21. The molecule has 0 bridgehead atoms. The highest BCUT2D eigenvalue weighted by molar-refractivity contribution is 7.88. The number of carbonyl (C=O) groups is 1. The van der Waals surface area contributed by atoms with E-state index in [2.05, 4.69) is 19.2 Å². The molecule has 1 fully saturated rings. The highest BCUT2D eigenvalue weighted by Crippen LogP contribution is 2.25. The summed E-state index contributed by atoms with van der Waals surface area (Å²) >= 11 is 0. The number of nitrogens with one attached hydrogen (secondary N) is 1. The van der Waals surface area contributed by atoms with Crippen molar-refractivity contribution in [1.29, 1.82) is 0 Å². The zero-order valence-electron chi connectivity index (χ0n) is 17.6. The van der Waals surface area contributed by atoms with E-state index >= 15 is 0 Å². The lowest BCUT2D eigenvalue weighted by Gasteiger charge is -2.15. The first-order chi connectivity index (χ1) is 14.4. The van der Waals surface area contributed by atoms with Crippen molar-refractivity contribution in [3.8, 4) is 5.75 Å². The van der Waals surface area contributed by atoms with Gasteiger partial charge in [-0.25, -0.2) is 12.7 Å². The predicted octanol–water partition coefficient (Wildman–Crippen LogP) is 3.54. The maximum atomic E-state index is 12.4. The van der Waals surface area contributed by atoms with E-state index in [4.69, 9.17) is 4.74 Å². The van der Waals surface area contributed by atoms with Gasteiger partial charge < -0.3 is 10.1 Å². The monoisotopic (exact) mass is 430 g/mol. The van der Waals surface area contributed by atoms with Crippen LogP contribution >= 0.6 is 0 Å². The molecule has 2 aromatic rings. The molecule has 7 heteroatoms. The highest BCUT2D eigenvalue weighted by Gasteiger charge is 2.25. The summed E-state index contributed by atoms with van der Waals surface area (Å²) in [7, 11) is -3.28. The smallest absolute Gasteiger partial charge is 0.251 e. The van der Waals surface area contributed by atoms with Crippen LogP contribution in [0.25, 0.3) is 0 Å². The Bertz CT molecular complexity index is 949. The second-order valence-electron chi connectivity index (χ2n) is 7.86. The average Bonchev–Trinajstić information content (AvgIpc) is 3.27. The van der Waals surface area contributed by atoms with Crippen LogP contribution in [0.1, 0.15) is 54.1 Å². The molecule has 0 spiro atoms. The zero-order valence-corrected chi connectivity index (χ0v) is 18.5. The number of benzene rings is 2. The molecule has 1 saturated heterocycles. The van der Waals surface area contributed by atoms with Gasteiger partial charge in [-0.15, -0.1) is 0 Å². The molecule has 1 amide bonds. The van der Waals surface area contributed by atoms with Gasteiger partial charge in [-0.3, -0.25) is 4.79 Å². The molecule has 0 saturated carbocycles. The molecule has 1 heterocycles. The van der Waals surface area contributed by atoms with Gasteiger partial charge in [0.05, 0.1) is 12.3 Å². The van der Waals surface area contributed by atoms with Crippen molar-refractivity contribution in [3.63, 3.8) is 0 Å². The fourth-order valence-electron chi connectivity index (χ4n) is 3.54. The van der Waals surface area contributed by atoms with E-state index in [1.807, 2.05) is 24.3 Å². The first kappa shape index (κ1) is 22.3. The lowest BCUT2D eigenvalue weighted by atomic mass is 10.0. The Morgan fingerprint density at radius 1 is 1.07 bits per heavy atom. The van der Waals surface area contributed by atoms with Crippen LogP contribution in [-0.2, 0) is 15.8 Å². The first-order valence-corrected chi connectivity index (χ1v) is 12.0. The third-order valence-corrected chi connectivity index (χ3v) is 7.06. The van der Waals surface area contributed by atoms with Crippen LogP contribution in [-0.4, -0.2) is 44.9 Å². The van der Waals surface area contributed by atoms with Gasteiger partial charge in [0.1, 0.15) is 12.4 Å². The summed E-state index contributed by atoms with van der Waals surface area (Å²) < 4.78 is 32.2. The van der Waals surface area contributed by atoms with Gasteiger partial charge in [0.15, 0.2) is 0 Å². The molecule has 2 aromatic carbocycles. The van der Waals surface area contributed by atoms with Gasteiger partial charge in [0.2, 0.25) is 10.0 Å². The summed E-state index contributed by atoms with van der Waals surface area (Å²) in [5.41, 5.74) is 2.33. The van der Waals surface area contributed by atoms with E-state index in [-0.39, 0.29) is 11.7 Å². The maximum Gasteiger partial charge on any atom is 0.251 e. The number of hydrogen-bond acceptors (Lipinski definition) is 4. The van der Waals surface area contributed by atoms with E-state index in [0.29, 0.717) is 43.3 Å². The molecule has 1 N–H and O–H groups in total. The number of rotatable bonds is 9. The lowest BCUT2D eigenvalue weighted by Crippen LogP contribution is -2.29. The minimum Gasteiger partial charge on any atom is -0.491 e. The number of hydrogen-bond donors (Lipinski definition) is 1. The van der Waals surface area contributed by atoms with Crippen LogP contribution in [0.4, 0.5) is 0 Å². The Balaban J connectivity index is 1.48. The van der Waals surface area contributed by atoms with Gasteiger partial charge >= 0.3 is 0 Å². The Hall–Kier alpha value is -2.38. The molecule has 1 aliphatic heterocycles. The Morgan fingerprint density at radius 3 is 2.40 bits per heavy atom. The Kier molecular flexibility index (Phi) is 7.50. The summed E-state index contributed by atoms with van der Waals surface area (Å²) in [5.74, 6) is 0.969. The van der Waals surface area contributed by atoms with Crippen molar-refractivity contribution >= 4 is 15.9 Å². The van der Waals surface area contributed by atoms with E-state index in [1.165, 1.54) is 0 Å². The second-order valence-corrected chi connectivity index (χ2v) is 9.83. The number of ether oxygens (including phenoxy) is 1.